The molecule has 1 aliphatic heterocycles. The number of fused-ring (bicyclic) bond motifs is 1. The average Bonchev–Trinajstić information content (AvgIpc) is 2.96. The van der Waals surface area contributed by atoms with Crippen LogP contribution in [0.2, 0.25) is 0 Å². The fourth-order valence-electron chi connectivity index (χ4n) is 2.39. The predicted octanol–water partition coefficient (Wildman–Crippen LogP) is 0.919. The Kier molecular flexibility index (Phi) is 2.25. The van der Waals surface area contributed by atoms with Gasteiger partial charge in [-0.1, -0.05) is 0 Å². The van der Waals surface area contributed by atoms with Gasteiger partial charge in [-0.15, -0.1) is 0 Å². The highest BCUT2D eigenvalue weighted by Crippen LogP contribution is 2.28. The first-order valence-corrected chi connectivity index (χ1v) is 5.56. The van der Waals surface area contributed by atoms with Crippen LogP contribution in [0, 0.1) is 0 Å². The Hall–Kier alpha value is -1.62. The van der Waals surface area contributed by atoms with E-state index < -0.39 is 0 Å². The van der Waals surface area contributed by atoms with E-state index in [9.17, 15) is 5.11 Å². The second-order valence-electron chi connectivity index (χ2n) is 4.11. The summed E-state index contributed by atoms with van der Waals surface area (Å²) in [5, 5.41) is 10.4. The molecule has 1 aliphatic rings. The molecule has 2 aromatic rings. The van der Waals surface area contributed by atoms with Gasteiger partial charge < -0.3 is 15.0 Å². The molecular weight excluding hydrogens is 204 g/mol. The number of hydrogen-bond donors (Lipinski definition) is 2. The quantitative estimate of drug-likeness (QED) is 0.786. The van der Waals surface area contributed by atoms with Crippen LogP contribution < -0.4 is 4.90 Å². The van der Waals surface area contributed by atoms with Crippen molar-refractivity contribution >= 4 is 16.9 Å². The standard InChI is InChI=1S/C11H14N4O/c16-6-8-2-1-5-15(8)11-9-3-4-12-10(9)13-7-14-11/h3-4,7-8,16H,1-2,5-6H2,(H,12,13,14)/t8-/m0/s1. The molecule has 1 saturated heterocycles. The summed E-state index contributed by atoms with van der Waals surface area (Å²) < 4.78 is 0. The van der Waals surface area contributed by atoms with Crippen molar-refractivity contribution in [3.63, 3.8) is 0 Å². The molecule has 0 aromatic carbocycles. The number of aliphatic hydroxyl groups excluding tert-OH is 1. The number of H-pyrrole nitrogens is 1. The first-order valence-electron chi connectivity index (χ1n) is 5.56. The fourth-order valence-corrected chi connectivity index (χ4v) is 2.39. The maximum atomic E-state index is 9.33. The van der Waals surface area contributed by atoms with Crippen molar-refractivity contribution in [1.82, 2.24) is 15.0 Å². The van der Waals surface area contributed by atoms with Crippen molar-refractivity contribution in [3.8, 4) is 0 Å². The molecule has 5 heteroatoms. The predicted molar refractivity (Wildman–Crippen MR) is 61.3 cm³/mol. The molecule has 84 valence electrons. The van der Waals surface area contributed by atoms with E-state index in [1.165, 1.54) is 0 Å². The smallest absolute Gasteiger partial charge is 0.142 e. The van der Waals surface area contributed by atoms with E-state index in [2.05, 4.69) is 19.9 Å². The van der Waals surface area contributed by atoms with Gasteiger partial charge in [0.1, 0.15) is 17.8 Å². The SMILES string of the molecule is OC[C@@H]1CCCN1c1ncnc2[nH]ccc12. The van der Waals surface area contributed by atoms with Crippen LogP contribution in [0.25, 0.3) is 11.0 Å². The Balaban J connectivity index is 2.07. The number of anilines is 1. The van der Waals surface area contributed by atoms with Crippen LogP contribution >= 0.6 is 0 Å². The molecule has 5 nitrogen and oxygen atoms in total. The number of nitrogens with zero attached hydrogens (tertiary/aromatic N) is 3. The molecule has 0 saturated carbocycles. The van der Waals surface area contributed by atoms with E-state index in [0.717, 1.165) is 36.2 Å². The monoisotopic (exact) mass is 218 g/mol. The summed E-state index contributed by atoms with van der Waals surface area (Å²) in [7, 11) is 0. The van der Waals surface area contributed by atoms with E-state index in [1.54, 1.807) is 6.33 Å². The van der Waals surface area contributed by atoms with Crippen molar-refractivity contribution in [2.45, 2.75) is 18.9 Å². The summed E-state index contributed by atoms with van der Waals surface area (Å²) in [6.45, 7) is 1.15. The summed E-state index contributed by atoms with van der Waals surface area (Å²) in [6.07, 6.45) is 5.58. The highest BCUT2D eigenvalue weighted by molar-refractivity contribution is 5.87. The average molecular weight is 218 g/mol. The zero-order valence-electron chi connectivity index (χ0n) is 8.93. The van der Waals surface area contributed by atoms with Gasteiger partial charge in [0.05, 0.1) is 18.0 Å². The van der Waals surface area contributed by atoms with Crippen molar-refractivity contribution in [2.75, 3.05) is 18.1 Å². The first-order chi connectivity index (χ1) is 7.90. The summed E-state index contributed by atoms with van der Waals surface area (Å²) in [5.74, 6) is 0.933. The summed E-state index contributed by atoms with van der Waals surface area (Å²) >= 11 is 0. The van der Waals surface area contributed by atoms with E-state index in [-0.39, 0.29) is 12.6 Å². The topological polar surface area (TPSA) is 65.0 Å². The largest absolute Gasteiger partial charge is 0.394 e. The lowest BCUT2D eigenvalue weighted by molar-refractivity contribution is 0.266. The summed E-state index contributed by atoms with van der Waals surface area (Å²) in [4.78, 5) is 13.8. The molecule has 2 N–H and O–H groups in total. The third-order valence-electron chi connectivity index (χ3n) is 3.19. The molecule has 3 rings (SSSR count). The Morgan fingerprint density at radius 1 is 1.50 bits per heavy atom. The molecule has 0 spiro atoms. The second-order valence-corrected chi connectivity index (χ2v) is 4.11. The van der Waals surface area contributed by atoms with Crippen LogP contribution in [-0.2, 0) is 0 Å². The molecule has 0 aliphatic carbocycles. The van der Waals surface area contributed by atoms with Gasteiger partial charge in [-0.3, -0.25) is 0 Å². The maximum absolute atomic E-state index is 9.33. The molecule has 1 fully saturated rings. The minimum absolute atomic E-state index is 0.190. The number of aromatic amines is 1. The van der Waals surface area contributed by atoms with Gasteiger partial charge in [-0.2, -0.15) is 0 Å². The first kappa shape index (κ1) is 9.59. The van der Waals surface area contributed by atoms with E-state index in [1.807, 2.05) is 12.3 Å². The number of aliphatic hydroxyl groups is 1. The number of aromatic nitrogens is 3. The Labute approximate surface area is 93.1 Å². The van der Waals surface area contributed by atoms with Gasteiger partial charge in [0.15, 0.2) is 0 Å². The number of hydrogen-bond acceptors (Lipinski definition) is 4. The van der Waals surface area contributed by atoms with Crippen molar-refractivity contribution < 1.29 is 5.11 Å². The van der Waals surface area contributed by atoms with Crippen molar-refractivity contribution in [1.29, 1.82) is 0 Å². The van der Waals surface area contributed by atoms with Crippen LogP contribution in [0.4, 0.5) is 5.82 Å². The zero-order chi connectivity index (χ0) is 11.0. The fraction of sp³-hybridized carbons (Fsp3) is 0.455. The minimum atomic E-state index is 0.190. The molecule has 16 heavy (non-hydrogen) atoms. The van der Waals surface area contributed by atoms with Crippen LogP contribution in [0.1, 0.15) is 12.8 Å². The zero-order valence-corrected chi connectivity index (χ0v) is 8.93. The second kappa shape index (κ2) is 3.75. The van der Waals surface area contributed by atoms with Crippen LogP contribution in [-0.4, -0.2) is 39.3 Å². The molecular formula is C11H14N4O. The summed E-state index contributed by atoms with van der Waals surface area (Å²) in [5.41, 5.74) is 0.855. The molecule has 0 radical (unpaired) electrons. The lowest BCUT2D eigenvalue weighted by Crippen LogP contribution is -2.32. The van der Waals surface area contributed by atoms with Crippen molar-refractivity contribution in [2.24, 2.45) is 0 Å². The van der Waals surface area contributed by atoms with Crippen LogP contribution in [0.3, 0.4) is 0 Å². The van der Waals surface area contributed by atoms with Gasteiger partial charge in [0, 0.05) is 12.7 Å². The number of rotatable bonds is 2. The third-order valence-corrected chi connectivity index (χ3v) is 3.19. The van der Waals surface area contributed by atoms with Gasteiger partial charge >= 0.3 is 0 Å². The van der Waals surface area contributed by atoms with Gasteiger partial charge in [0.25, 0.3) is 0 Å². The Morgan fingerprint density at radius 3 is 3.31 bits per heavy atom. The van der Waals surface area contributed by atoms with Crippen molar-refractivity contribution in [3.05, 3.63) is 18.6 Å². The summed E-state index contributed by atoms with van der Waals surface area (Å²) in [6, 6.07) is 2.19. The number of nitrogens with one attached hydrogen (secondary N) is 1. The van der Waals surface area contributed by atoms with E-state index in [4.69, 9.17) is 0 Å². The van der Waals surface area contributed by atoms with Gasteiger partial charge in [0.2, 0.25) is 0 Å². The molecule has 0 unspecified atom stereocenters. The molecule has 1 atom stereocenters. The molecule has 2 aromatic heterocycles. The van der Waals surface area contributed by atoms with Crippen LogP contribution in [0.15, 0.2) is 18.6 Å². The lowest BCUT2D eigenvalue weighted by atomic mass is 10.2. The van der Waals surface area contributed by atoms with E-state index >= 15 is 0 Å². The van der Waals surface area contributed by atoms with Gasteiger partial charge in [-0.25, -0.2) is 9.97 Å². The molecule has 0 amide bonds. The van der Waals surface area contributed by atoms with Gasteiger partial charge in [-0.05, 0) is 18.9 Å². The molecule has 3 heterocycles. The highest BCUT2D eigenvalue weighted by atomic mass is 16.3. The Morgan fingerprint density at radius 2 is 2.44 bits per heavy atom. The highest BCUT2D eigenvalue weighted by Gasteiger charge is 2.26. The van der Waals surface area contributed by atoms with E-state index in [0.29, 0.717) is 0 Å². The maximum Gasteiger partial charge on any atom is 0.142 e. The third kappa shape index (κ3) is 1.36. The Bertz CT molecular complexity index is 495. The minimum Gasteiger partial charge on any atom is -0.394 e. The normalized spacial score (nSPS) is 20.8. The molecule has 0 bridgehead atoms. The van der Waals surface area contributed by atoms with Crippen LogP contribution in [0.5, 0.6) is 0 Å². The lowest BCUT2D eigenvalue weighted by Gasteiger charge is -2.24.